The quantitative estimate of drug-likeness (QED) is 0.254. The van der Waals surface area contributed by atoms with Crippen molar-refractivity contribution in [2.75, 3.05) is 31.0 Å². The molecule has 37 heavy (non-hydrogen) atoms. The molecular weight excluding hydrogens is 502 g/mol. The molecule has 0 spiro atoms. The Morgan fingerprint density at radius 2 is 1.86 bits per heavy atom. The zero-order chi connectivity index (χ0) is 25.4. The lowest BCUT2D eigenvalue weighted by molar-refractivity contribution is 0.0735. The van der Waals surface area contributed by atoms with E-state index in [1.807, 2.05) is 42.2 Å². The van der Waals surface area contributed by atoms with Crippen molar-refractivity contribution in [2.45, 2.75) is 37.8 Å². The highest BCUT2D eigenvalue weighted by atomic mass is 32.2. The third kappa shape index (κ3) is 5.00. The van der Waals surface area contributed by atoms with E-state index in [0.29, 0.717) is 13.1 Å². The molecule has 1 fully saturated rings. The fraction of sp³-hybridized carbons (Fsp3) is 0.310. The average molecular weight is 532 g/mol. The summed E-state index contributed by atoms with van der Waals surface area (Å²) in [5, 5.41) is 1.10. The lowest BCUT2D eigenvalue weighted by Gasteiger charge is -2.27. The monoisotopic (exact) mass is 531 g/mol. The number of aromatic nitrogens is 1. The number of ether oxygens (including phenoxy) is 2. The first-order valence-corrected chi connectivity index (χ1v) is 14.6. The van der Waals surface area contributed by atoms with Crippen molar-refractivity contribution in [3.63, 3.8) is 0 Å². The van der Waals surface area contributed by atoms with E-state index in [9.17, 15) is 4.79 Å². The van der Waals surface area contributed by atoms with E-state index in [1.54, 1.807) is 11.8 Å². The number of aryl methyl sites for hydroxylation is 1. The number of thioether (sulfide) groups is 1. The maximum atomic E-state index is 13.8. The molecule has 0 N–H and O–H groups in total. The normalized spacial score (nSPS) is 14.5. The van der Waals surface area contributed by atoms with Gasteiger partial charge in [-0.05, 0) is 74.0 Å². The number of rotatable bonds is 7. The van der Waals surface area contributed by atoms with Gasteiger partial charge in [-0.3, -0.25) is 4.79 Å². The summed E-state index contributed by atoms with van der Waals surface area (Å²) in [5.74, 6) is 2.50. The van der Waals surface area contributed by atoms with Crippen LogP contribution in [0, 0.1) is 6.92 Å². The predicted octanol–water partition coefficient (Wildman–Crippen LogP) is 6.50. The molecule has 1 amide bonds. The van der Waals surface area contributed by atoms with Gasteiger partial charge in [0.15, 0.2) is 11.5 Å². The first kappa shape index (κ1) is 24.1. The number of benzene rings is 2. The van der Waals surface area contributed by atoms with Crippen LogP contribution in [0.5, 0.6) is 11.5 Å². The Morgan fingerprint density at radius 3 is 2.65 bits per heavy atom. The highest BCUT2D eigenvalue weighted by Gasteiger charge is 2.24. The number of nitrogens with zero attached hydrogens (tertiary/aromatic N) is 3. The number of anilines is 1. The summed E-state index contributed by atoms with van der Waals surface area (Å²) in [6.45, 7) is 5.20. The van der Waals surface area contributed by atoms with Gasteiger partial charge in [-0.2, -0.15) is 0 Å². The molecule has 2 aliphatic heterocycles. The second-order valence-corrected chi connectivity index (χ2v) is 11.7. The SMILES string of the molecule is CSc1ccc2cc(CN(Cc3ccc4c(c3)OCO4)C(=O)c3ccc(C)s3)c(N3CCCC3)nc2c1. The largest absolute Gasteiger partial charge is 0.454 e. The summed E-state index contributed by atoms with van der Waals surface area (Å²) in [4.78, 5) is 26.4. The summed E-state index contributed by atoms with van der Waals surface area (Å²) in [7, 11) is 0. The van der Waals surface area contributed by atoms with Crippen molar-refractivity contribution in [2.24, 2.45) is 0 Å². The molecule has 2 aliphatic rings. The highest BCUT2D eigenvalue weighted by molar-refractivity contribution is 7.98. The Morgan fingerprint density at radius 1 is 1.03 bits per heavy atom. The molecule has 0 unspecified atom stereocenters. The lowest BCUT2D eigenvalue weighted by Crippen LogP contribution is -2.31. The predicted molar refractivity (Wildman–Crippen MR) is 150 cm³/mol. The van der Waals surface area contributed by atoms with Crippen LogP contribution in [0.15, 0.2) is 59.5 Å². The fourth-order valence-electron chi connectivity index (χ4n) is 5.00. The molecule has 0 bridgehead atoms. The van der Waals surface area contributed by atoms with Crippen molar-refractivity contribution in [1.82, 2.24) is 9.88 Å². The van der Waals surface area contributed by atoms with Gasteiger partial charge < -0.3 is 19.3 Å². The Hall–Kier alpha value is -3.23. The number of amides is 1. The molecule has 2 aromatic carbocycles. The molecule has 6 nitrogen and oxygen atoms in total. The zero-order valence-corrected chi connectivity index (χ0v) is 22.7. The van der Waals surface area contributed by atoms with Crippen molar-refractivity contribution < 1.29 is 14.3 Å². The first-order valence-electron chi connectivity index (χ1n) is 12.5. The smallest absolute Gasteiger partial charge is 0.264 e. The van der Waals surface area contributed by atoms with Gasteiger partial charge in [-0.25, -0.2) is 4.98 Å². The highest BCUT2D eigenvalue weighted by Crippen LogP contribution is 2.34. The van der Waals surface area contributed by atoms with Crippen LogP contribution >= 0.6 is 23.1 Å². The van der Waals surface area contributed by atoms with Crippen molar-refractivity contribution in [1.29, 1.82) is 0 Å². The van der Waals surface area contributed by atoms with E-state index in [2.05, 4.69) is 35.4 Å². The van der Waals surface area contributed by atoms with Crippen LogP contribution in [-0.4, -0.2) is 41.9 Å². The van der Waals surface area contributed by atoms with E-state index in [-0.39, 0.29) is 12.7 Å². The number of thiophene rings is 1. The van der Waals surface area contributed by atoms with Crippen molar-refractivity contribution in [3.8, 4) is 11.5 Å². The topological polar surface area (TPSA) is 54.9 Å². The van der Waals surface area contributed by atoms with E-state index < -0.39 is 0 Å². The zero-order valence-electron chi connectivity index (χ0n) is 21.0. The van der Waals surface area contributed by atoms with Gasteiger partial charge in [0, 0.05) is 40.4 Å². The summed E-state index contributed by atoms with van der Waals surface area (Å²) in [6, 6.07) is 18.5. The van der Waals surface area contributed by atoms with Crippen LogP contribution in [0.3, 0.4) is 0 Å². The molecule has 0 radical (unpaired) electrons. The lowest BCUT2D eigenvalue weighted by atomic mass is 10.1. The number of fused-ring (bicyclic) bond motifs is 2. The van der Waals surface area contributed by atoms with Crippen LogP contribution in [0.4, 0.5) is 5.82 Å². The number of hydrogen-bond acceptors (Lipinski definition) is 7. The second kappa shape index (κ2) is 10.3. The molecular formula is C29H29N3O3S2. The molecule has 0 aliphatic carbocycles. The van der Waals surface area contributed by atoms with Gasteiger partial charge >= 0.3 is 0 Å². The van der Waals surface area contributed by atoms with Crippen LogP contribution in [-0.2, 0) is 13.1 Å². The summed E-state index contributed by atoms with van der Waals surface area (Å²) in [5.41, 5.74) is 3.08. The van der Waals surface area contributed by atoms with Gasteiger partial charge in [0.05, 0.1) is 16.9 Å². The number of carbonyl (C=O) groups excluding carboxylic acids is 1. The molecule has 4 heterocycles. The molecule has 1 saturated heterocycles. The maximum Gasteiger partial charge on any atom is 0.264 e. The third-order valence-electron chi connectivity index (χ3n) is 6.90. The second-order valence-electron chi connectivity index (χ2n) is 9.48. The summed E-state index contributed by atoms with van der Waals surface area (Å²) in [6.07, 6.45) is 4.42. The van der Waals surface area contributed by atoms with Gasteiger partial charge in [0.1, 0.15) is 5.82 Å². The minimum absolute atomic E-state index is 0.0287. The van der Waals surface area contributed by atoms with Gasteiger partial charge in [-0.1, -0.05) is 12.1 Å². The Labute approximate surface area is 225 Å². The summed E-state index contributed by atoms with van der Waals surface area (Å²) >= 11 is 3.26. The molecule has 4 aromatic rings. The fourth-order valence-corrected chi connectivity index (χ4v) is 6.27. The van der Waals surface area contributed by atoms with E-state index in [4.69, 9.17) is 14.5 Å². The third-order valence-corrected chi connectivity index (χ3v) is 8.61. The Kier molecular flexibility index (Phi) is 6.69. The Bertz CT molecular complexity index is 1460. The molecule has 6 rings (SSSR count). The summed E-state index contributed by atoms with van der Waals surface area (Å²) < 4.78 is 11.1. The van der Waals surface area contributed by atoms with E-state index >= 15 is 0 Å². The van der Waals surface area contributed by atoms with Crippen molar-refractivity contribution in [3.05, 3.63) is 75.5 Å². The maximum absolute atomic E-state index is 13.8. The number of hydrogen-bond donors (Lipinski definition) is 0. The van der Waals surface area contributed by atoms with Gasteiger partial charge in [0.25, 0.3) is 5.91 Å². The molecule has 8 heteroatoms. The Balaban J connectivity index is 1.39. The molecule has 190 valence electrons. The number of pyridine rings is 1. The molecule has 0 atom stereocenters. The molecule has 2 aromatic heterocycles. The van der Waals surface area contributed by atoms with E-state index in [1.165, 1.54) is 29.1 Å². The minimum atomic E-state index is 0.0287. The van der Waals surface area contributed by atoms with Crippen LogP contribution in [0.1, 0.15) is 38.5 Å². The van der Waals surface area contributed by atoms with Crippen LogP contribution in [0.2, 0.25) is 0 Å². The molecule has 0 saturated carbocycles. The van der Waals surface area contributed by atoms with Gasteiger partial charge in [-0.15, -0.1) is 23.1 Å². The van der Waals surface area contributed by atoms with Crippen LogP contribution < -0.4 is 14.4 Å². The number of carbonyl (C=O) groups is 1. The van der Waals surface area contributed by atoms with Crippen molar-refractivity contribution >= 4 is 45.7 Å². The van der Waals surface area contributed by atoms with E-state index in [0.717, 1.165) is 62.2 Å². The standard InChI is InChI=1S/C29H29N3O3S2/c1-19-5-10-27(37-19)29(33)32(16-20-6-9-25-26(13-20)35-18-34-25)17-22-14-21-7-8-23(36-2)15-24(21)30-28(22)31-11-3-4-12-31/h5-10,13-15H,3-4,11-12,16-18H2,1-2H3. The minimum Gasteiger partial charge on any atom is -0.454 e. The van der Waals surface area contributed by atoms with Gasteiger partial charge in [0.2, 0.25) is 6.79 Å². The average Bonchev–Trinajstić information content (AvgIpc) is 3.69. The van der Waals surface area contributed by atoms with Crippen LogP contribution in [0.25, 0.3) is 10.9 Å². The first-order chi connectivity index (χ1) is 18.1.